The molecule has 0 saturated heterocycles. The van der Waals surface area contributed by atoms with E-state index in [0.29, 0.717) is 32.7 Å². The number of carbonyl (C=O) groups excluding carboxylic acids is 1. The van der Waals surface area contributed by atoms with Gasteiger partial charge in [0.15, 0.2) is 11.5 Å². The number of hydrogen-bond acceptors (Lipinski definition) is 5. The molecule has 0 radical (unpaired) electrons. The van der Waals surface area contributed by atoms with Crippen molar-refractivity contribution in [1.82, 2.24) is 5.43 Å². The second-order valence-corrected chi connectivity index (χ2v) is 6.93. The van der Waals surface area contributed by atoms with Gasteiger partial charge in [0, 0.05) is 15.6 Å². The summed E-state index contributed by atoms with van der Waals surface area (Å²) >= 11 is 12.3. The lowest BCUT2D eigenvalue weighted by molar-refractivity contribution is 0.0952. The second kappa shape index (κ2) is 10.0. The van der Waals surface area contributed by atoms with E-state index >= 15 is 0 Å². The third-order valence-electron chi connectivity index (χ3n) is 4.15. The maximum atomic E-state index is 12.1. The summed E-state index contributed by atoms with van der Waals surface area (Å²) in [5.41, 5.74) is 3.86. The molecule has 1 amide bonds. The van der Waals surface area contributed by atoms with Gasteiger partial charge in [0.25, 0.3) is 5.91 Å². The fraction of sp³-hybridized carbons (Fsp3) is 0.0909. The summed E-state index contributed by atoms with van der Waals surface area (Å²) in [6, 6.07) is 16.6. The molecule has 6 nitrogen and oxygen atoms in total. The van der Waals surface area contributed by atoms with Crippen LogP contribution in [0.1, 0.15) is 21.5 Å². The van der Waals surface area contributed by atoms with Crippen LogP contribution in [0.3, 0.4) is 0 Å². The van der Waals surface area contributed by atoms with Gasteiger partial charge in [-0.3, -0.25) is 4.79 Å². The molecule has 30 heavy (non-hydrogen) atoms. The van der Waals surface area contributed by atoms with Crippen LogP contribution in [0.5, 0.6) is 17.2 Å². The summed E-state index contributed by atoms with van der Waals surface area (Å²) in [5, 5.41) is 14.7. The van der Waals surface area contributed by atoms with Gasteiger partial charge in [-0.25, -0.2) is 5.43 Å². The fourth-order valence-corrected chi connectivity index (χ4v) is 3.10. The summed E-state index contributed by atoms with van der Waals surface area (Å²) in [6.45, 7) is 0.179. The van der Waals surface area contributed by atoms with Gasteiger partial charge < -0.3 is 14.6 Å². The molecule has 3 aromatic carbocycles. The van der Waals surface area contributed by atoms with Crippen LogP contribution in [0.4, 0.5) is 0 Å². The third kappa shape index (κ3) is 5.23. The molecular formula is C22H18Cl2N2O4. The number of rotatable bonds is 7. The van der Waals surface area contributed by atoms with Crippen molar-refractivity contribution in [3.8, 4) is 17.2 Å². The second-order valence-electron chi connectivity index (χ2n) is 6.12. The van der Waals surface area contributed by atoms with Crippen molar-refractivity contribution in [3.05, 3.63) is 87.4 Å². The summed E-state index contributed by atoms with van der Waals surface area (Å²) < 4.78 is 11.2. The number of hydrogen-bond donors (Lipinski definition) is 2. The van der Waals surface area contributed by atoms with Crippen molar-refractivity contribution >= 4 is 35.3 Å². The standard InChI is InChI=1S/C22H18Cl2N2O4/c1-29-21-11-14(12-25-26-22(28)15-5-2-3-8-19(15)27)9-10-20(21)30-13-16-17(23)6-4-7-18(16)24/h2-12,27H,13H2,1H3,(H,26,28). The van der Waals surface area contributed by atoms with Crippen LogP contribution in [0.2, 0.25) is 10.0 Å². The van der Waals surface area contributed by atoms with Gasteiger partial charge in [-0.15, -0.1) is 0 Å². The number of halogens is 2. The highest BCUT2D eigenvalue weighted by molar-refractivity contribution is 6.35. The largest absolute Gasteiger partial charge is 0.507 e. The van der Waals surface area contributed by atoms with Gasteiger partial charge in [0.05, 0.1) is 18.9 Å². The van der Waals surface area contributed by atoms with E-state index in [4.69, 9.17) is 32.7 Å². The molecule has 0 fully saturated rings. The number of methoxy groups -OCH3 is 1. The van der Waals surface area contributed by atoms with Crippen LogP contribution >= 0.6 is 23.2 Å². The van der Waals surface area contributed by atoms with Gasteiger partial charge in [0.1, 0.15) is 12.4 Å². The first kappa shape index (κ1) is 21.5. The van der Waals surface area contributed by atoms with E-state index in [0.717, 1.165) is 0 Å². The highest BCUT2D eigenvalue weighted by Gasteiger charge is 2.11. The number of nitrogens with zero attached hydrogens (tertiary/aromatic N) is 1. The molecule has 0 aliphatic heterocycles. The predicted octanol–water partition coefficient (Wildman–Crippen LogP) is 5.05. The van der Waals surface area contributed by atoms with Gasteiger partial charge in [-0.1, -0.05) is 41.4 Å². The molecule has 2 N–H and O–H groups in total. The van der Waals surface area contributed by atoms with Crippen LogP contribution < -0.4 is 14.9 Å². The maximum absolute atomic E-state index is 12.1. The molecule has 0 aliphatic carbocycles. The Kier molecular flexibility index (Phi) is 7.17. The van der Waals surface area contributed by atoms with Crippen molar-refractivity contribution in [2.75, 3.05) is 7.11 Å². The molecule has 0 spiro atoms. The fourth-order valence-electron chi connectivity index (χ4n) is 2.60. The quantitative estimate of drug-likeness (QED) is 0.394. The number of phenolic OH excluding ortho intramolecular Hbond substituents is 1. The topological polar surface area (TPSA) is 80.2 Å². The summed E-state index contributed by atoms with van der Waals surface area (Å²) in [4.78, 5) is 12.1. The number of hydrazone groups is 1. The Bertz CT molecular complexity index is 1070. The molecular weight excluding hydrogens is 427 g/mol. The molecule has 154 valence electrons. The number of aromatic hydroxyl groups is 1. The zero-order valence-electron chi connectivity index (χ0n) is 15.9. The average Bonchev–Trinajstić information content (AvgIpc) is 2.74. The zero-order chi connectivity index (χ0) is 21.5. The third-order valence-corrected chi connectivity index (χ3v) is 4.86. The number of benzene rings is 3. The Balaban J connectivity index is 1.67. The lowest BCUT2D eigenvalue weighted by atomic mass is 10.2. The normalized spacial score (nSPS) is 10.8. The molecule has 0 heterocycles. The number of nitrogens with one attached hydrogen (secondary N) is 1. The minimum Gasteiger partial charge on any atom is -0.507 e. The molecule has 3 aromatic rings. The molecule has 3 rings (SSSR count). The minimum absolute atomic E-state index is 0.119. The van der Waals surface area contributed by atoms with E-state index in [2.05, 4.69) is 10.5 Å². The number of carbonyl (C=O) groups is 1. The van der Waals surface area contributed by atoms with Crippen molar-refractivity contribution in [1.29, 1.82) is 0 Å². The highest BCUT2D eigenvalue weighted by Crippen LogP contribution is 2.31. The SMILES string of the molecule is COc1cc(C=NNC(=O)c2ccccc2O)ccc1OCc1c(Cl)cccc1Cl. The van der Waals surface area contributed by atoms with Gasteiger partial charge in [0.2, 0.25) is 0 Å². The predicted molar refractivity (Wildman–Crippen MR) is 117 cm³/mol. The van der Waals surface area contributed by atoms with E-state index in [1.54, 1.807) is 48.5 Å². The summed E-state index contributed by atoms with van der Waals surface area (Å²) in [6.07, 6.45) is 1.45. The number of phenols is 1. The van der Waals surface area contributed by atoms with Gasteiger partial charge in [-0.05, 0) is 48.0 Å². The maximum Gasteiger partial charge on any atom is 0.275 e. The van der Waals surface area contributed by atoms with Gasteiger partial charge >= 0.3 is 0 Å². The molecule has 0 bridgehead atoms. The van der Waals surface area contributed by atoms with Crippen LogP contribution in [0, 0.1) is 0 Å². The first-order chi connectivity index (χ1) is 14.5. The molecule has 8 heteroatoms. The Morgan fingerprint density at radius 3 is 2.50 bits per heavy atom. The molecule has 0 saturated carbocycles. The van der Waals surface area contributed by atoms with E-state index < -0.39 is 5.91 Å². The van der Waals surface area contributed by atoms with Crippen molar-refractivity contribution in [2.24, 2.45) is 5.10 Å². The molecule has 0 aliphatic rings. The first-order valence-corrected chi connectivity index (χ1v) is 9.60. The molecule has 0 atom stereocenters. The highest BCUT2D eigenvalue weighted by atomic mass is 35.5. The van der Waals surface area contributed by atoms with E-state index in [9.17, 15) is 9.90 Å². The van der Waals surface area contributed by atoms with Gasteiger partial charge in [-0.2, -0.15) is 5.10 Å². The van der Waals surface area contributed by atoms with Crippen molar-refractivity contribution in [2.45, 2.75) is 6.61 Å². The van der Waals surface area contributed by atoms with Crippen LogP contribution in [-0.2, 0) is 6.61 Å². The lowest BCUT2D eigenvalue weighted by Crippen LogP contribution is -2.17. The van der Waals surface area contributed by atoms with E-state index in [1.165, 1.54) is 25.5 Å². The number of amides is 1. The Hall–Kier alpha value is -3.22. The van der Waals surface area contributed by atoms with Crippen molar-refractivity contribution in [3.63, 3.8) is 0 Å². The average molecular weight is 445 g/mol. The van der Waals surface area contributed by atoms with Crippen molar-refractivity contribution < 1.29 is 19.4 Å². The zero-order valence-corrected chi connectivity index (χ0v) is 17.4. The van der Waals surface area contributed by atoms with Crippen LogP contribution in [-0.4, -0.2) is 24.3 Å². The molecule has 0 unspecified atom stereocenters. The van der Waals surface area contributed by atoms with Crippen LogP contribution in [0.25, 0.3) is 0 Å². The van der Waals surface area contributed by atoms with Crippen LogP contribution in [0.15, 0.2) is 65.8 Å². The van der Waals surface area contributed by atoms with E-state index in [-0.39, 0.29) is 17.9 Å². The summed E-state index contributed by atoms with van der Waals surface area (Å²) in [5.74, 6) is 0.345. The lowest BCUT2D eigenvalue weighted by Gasteiger charge is -2.13. The number of ether oxygens (including phenoxy) is 2. The first-order valence-electron chi connectivity index (χ1n) is 8.84. The summed E-state index contributed by atoms with van der Waals surface area (Å²) in [7, 11) is 1.52. The monoisotopic (exact) mass is 444 g/mol. The molecule has 0 aromatic heterocycles. The Morgan fingerprint density at radius 2 is 1.80 bits per heavy atom. The smallest absolute Gasteiger partial charge is 0.275 e. The Morgan fingerprint density at radius 1 is 1.07 bits per heavy atom. The van der Waals surface area contributed by atoms with E-state index in [1.807, 2.05) is 0 Å². The Labute approximate surface area is 183 Å². The number of para-hydroxylation sites is 1. The minimum atomic E-state index is -0.520.